The van der Waals surface area contributed by atoms with E-state index in [-0.39, 0.29) is 29.4 Å². The molecule has 8 heteroatoms. The number of methoxy groups -OCH3 is 2. The molecule has 1 heterocycles. The molecule has 1 aliphatic rings. The molecular weight excluding hydrogens is 376 g/mol. The standard InChI is InChI=1S/C21H28N2O6/c1-5-29-21(26)16-8-10-23(11-9-16)20(25)17(22-14(2)24)12-15-6-7-18(27-3)19(13-15)28-4/h6-7,12-13,16H,5,8-11H2,1-4H3,(H,22,24)/b17-12-. The van der Waals surface area contributed by atoms with Gasteiger partial charge in [0.15, 0.2) is 11.5 Å². The number of nitrogens with one attached hydrogen (secondary N) is 1. The summed E-state index contributed by atoms with van der Waals surface area (Å²) in [6.07, 6.45) is 2.67. The maximum atomic E-state index is 13.0. The van der Waals surface area contributed by atoms with Crippen molar-refractivity contribution in [2.45, 2.75) is 26.7 Å². The fourth-order valence-electron chi connectivity index (χ4n) is 3.20. The number of carbonyl (C=O) groups excluding carboxylic acids is 3. The molecule has 0 radical (unpaired) electrons. The number of rotatable bonds is 7. The van der Waals surface area contributed by atoms with Crippen molar-refractivity contribution in [3.05, 3.63) is 29.5 Å². The highest BCUT2D eigenvalue weighted by Gasteiger charge is 2.29. The SMILES string of the molecule is CCOC(=O)C1CCN(C(=O)/C(=C/c2ccc(OC)c(OC)c2)NC(C)=O)CC1. The van der Waals surface area contributed by atoms with E-state index in [0.29, 0.717) is 49.6 Å². The van der Waals surface area contributed by atoms with Gasteiger partial charge in [0.2, 0.25) is 5.91 Å². The van der Waals surface area contributed by atoms with E-state index in [2.05, 4.69) is 5.32 Å². The number of piperidine rings is 1. The van der Waals surface area contributed by atoms with Crippen molar-refractivity contribution in [2.24, 2.45) is 5.92 Å². The Labute approximate surface area is 170 Å². The van der Waals surface area contributed by atoms with Gasteiger partial charge in [-0.2, -0.15) is 0 Å². The van der Waals surface area contributed by atoms with Crippen LogP contribution in [0.2, 0.25) is 0 Å². The van der Waals surface area contributed by atoms with Crippen LogP contribution in [-0.2, 0) is 19.1 Å². The summed E-state index contributed by atoms with van der Waals surface area (Å²) < 4.78 is 15.6. The van der Waals surface area contributed by atoms with Crippen LogP contribution < -0.4 is 14.8 Å². The number of benzene rings is 1. The summed E-state index contributed by atoms with van der Waals surface area (Å²) in [7, 11) is 3.07. The van der Waals surface area contributed by atoms with Crippen LogP contribution in [0.1, 0.15) is 32.3 Å². The molecule has 1 saturated heterocycles. The van der Waals surface area contributed by atoms with Crippen molar-refractivity contribution < 1.29 is 28.6 Å². The molecule has 0 unspecified atom stereocenters. The predicted octanol–water partition coefficient (Wildman–Crippen LogP) is 1.98. The topological polar surface area (TPSA) is 94.2 Å². The molecular formula is C21H28N2O6. The van der Waals surface area contributed by atoms with Crippen LogP contribution in [0.3, 0.4) is 0 Å². The van der Waals surface area contributed by atoms with E-state index in [1.165, 1.54) is 14.0 Å². The third kappa shape index (κ3) is 5.97. The van der Waals surface area contributed by atoms with Crippen LogP contribution in [0, 0.1) is 5.92 Å². The van der Waals surface area contributed by atoms with Gasteiger partial charge in [-0.05, 0) is 43.5 Å². The highest BCUT2D eigenvalue weighted by Crippen LogP contribution is 2.28. The smallest absolute Gasteiger partial charge is 0.309 e. The lowest BCUT2D eigenvalue weighted by molar-refractivity contribution is -0.150. The molecule has 29 heavy (non-hydrogen) atoms. The summed E-state index contributed by atoms with van der Waals surface area (Å²) in [5, 5.41) is 2.61. The highest BCUT2D eigenvalue weighted by molar-refractivity contribution is 6.01. The Morgan fingerprint density at radius 3 is 2.34 bits per heavy atom. The van der Waals surface area contributed by atoms with Gasteiger partial charge < -0.3 is 24.4 Å². The molecule has 0 aliphatic carbocycles. The molecule has 8 nitrogen and oxygen atoms in total. The van der Waals surface area contributed by atoms with Gasteiger partial charge in [-0.3, -0.25) is 14.4 Å². The minimum Gasteiger partial charge on any atom is -0.493 e. The van der Waals surface area contributed by atoms with Gasteiger partial charge in [0.1, 0.15) is 5.70 Å². The Morgan fingerprint density at radius 1 is 1.14 bits per heavy atom. The first-order valence-electron chi connectivity index (χ1n) is 9.56. The second-order valence-corrected chi connectivity index (χ2v) is 6.67. The molecule has 2 rings (SSSR count). The number of carbonyl (C=O) groups is 3. The molecule has 1 aliphatic heterocycles. The molecule has 1 aromatic carbocycles. The number of amides is 2. The molecule has 2 amide bonds. The zero-order valence-electron chi connectivity index (χ0n) is 17.3. The van der Waals surface area contributed by atoms with Gasteiger partial charge in [0, 0.05) is 20.0 Å². The molecule has 1 N–H and O–H groups in total. The lowest BCUT2D eigenvalue weighted by Gasteiger charge is -2.31. The van der Waals surface area contributed by atoms with Crippen molar-refractivity contribution in [1.82, 2.24) is 10.2 Å². The van der Waals surface area contributed by atoms with E-state index >= 15 is 0 Å². The fraction of sp³-hybridized carbons (Fsp3) is 0.476. The van der Waals surface area contributed by atoms with E-state index in [1.807, 2.05) is 0 Å². The van der Waals surface area contributed by atoms with Crippen molar-refractivity contribution in [1.29, 1.82) is 0 Å². The van der Waals surface area contributed by atoms with E-state index in [4.69, 9.17) is 14.2 Å². The summed E-state index contributed by atoms with van der Waals surface area (Å²) >= 11 is 0. The number of likely N-dealkylation sites (tertiary alicyclic amines) is 1. The van der Waals surface area contributed by atoms with E-state index in [1.54, 1.807) is 43.2 Å². The fourth-order valence-corrected chi connectivity index (χ4v) is 3.20. The first-order chi connectivity index (χ1) is 13.9. The Morgan fingerprint density at radius 2 is 1.79 bits per heavy atom. The maximum absolute atomic E-state index is 13.0. The second kappa shape index (κ2) is 10.5. The first kappa shape index (κ1) is 22.3. The molecule has 1 fully saturated rings. The lowest BCUT2D eigenvalue weighted by Crippen LogP contribution is -2.43. The summed E-state index contributed by atoms with van der Waals surface area (Å²) in [4.78, 5) is 38.2. The number of hydrogen-bond acceptors (Lipinski definition) is 6. The van der Waals surface area contributed by atoms with Gasteiger partial charge in [0.25, 0.3) is 5.91 Å². The van der Waals surface area contributed by atoms with Gasteiger partial charge in [0.05, 0.1) is 26.7 Å². The van der Waals surface area contributed by atoms with Crippen LogP contribution in [0.15, 0.2) is 23.9 Å². The second-order valence-electron chi connectivity index (χ2n) is 6.67. The van der Waals surface area contributed by atoms with Crippen molar-refractivity contribution in [2.75, 3.05) is 33.9 Å². The molecule has 0 aromatic heterocycles. The third-order valence-corrected chi connectivity index (χ3v) is 4.66. The van der Waals surface area contributed by atoms with Gasteiger partial charge >= 0.3 is 5.97 Å². The highest BCUT2D eigenvalue weighted by atomic mass is 16.5. The van der Waals surface area contributed by atoms with Crippen LogP contribution in [-0.4, -0.2) is 56.6 Å². The molecule has 1 aromatic rings. The lowest BCUT2D eigenvalue weighted by atomic mass is 9.96. The zero-order valence-corrected chi connectivity index (χ0v) is 17.3. The summed E-state index contributed by atoms with van der Waals surface area (Å²) in [6.45, 7) is 4.31. The van der Waals surface area contributed by atoms with Crippen LogP contribution in [0.5, 0.6) is 11.5 Å². The minimum atomic E-state index is -0.341. The number of esters is 1. The van der Waals surface area contributed by atoms with Gasteiger partial charge in [-0.1, -0.05) is 6.07 Å². The van der Waals surface area contributed by atoms with Crippen LogP contribution >= 0.6 is 0 Å². The van der Waals surface area contributed by atoms with E-state index in [0.717, 1.165) is 0 Å². The summed E-state index contributed by atoms with van der Waals surface area (Å²) in [6, 6.07) is 5.22. The Bertz CT molecular complexity index is 781. The zero-order chi connectivity index (χ0) is 21.4. The third-order valence-electron chi connectivity index (χ3n) is 4.66. The van der Waals surface area contributed by atoms with Crippen LogP contribution in [0.25, 0.3) is 6.08 Å². The van der Waals surface area contributed by atoms with Gasteiger partial charge in [-0.15, -0.1) is 0 Å². The molecule has 0 saturated carbocycles. The Hall–Kier alpha value is -3.03. The quantitative estimate of drug-likeness (QED) is 0.552. The van der Waals surface area contributed by atoms with Gasteiger partial charge in [-0.25, -0.2) is 0 Å². The molecule has 158 valence electrons. The summed E-state index contributed by atoms with van der Waals surface area (Å²) in [5.41, 5.74) is 0.848. The largest absolute Gasteiger partial charge is 0.493 e. The average molecular weight is 404 g/mol. The monoisotopic (exact) mass is 404 g/mol. The minimum absolute atomic E-state index is 0.166. The molecule has 0 bridgehead atoms. The van der Waals surface area contributed by atoms with Crippen molar-refractivity contribution in [3.63, 3.8) is 0 Å². The van der Waals surface area contributed by atoms with Crippen molar-refractivity contribution in [3.8, 4) is 11.5 Å². The number of hydrogen-bond donors (Lipinski definition) is 1. The predicted molar refractivity (Wildman–Crippen MR) is 107 cm³/mol. The maximum Gasteiger partial charge on any atom is 0.309 e. The summed E-state index contributed by atoms with van der Waals surface area (Å²) in [5.74, 6) is 0.0357. The first-order valence-corrected chi connectivity index (χ1v) is 9.56. The Kier molecular flexibility index (Phi) is 8.06. The van der Waals surface area contributed by atoms with Crippen molar-refractivity contribution >= 4 is 23.9 Å². The Balaban J connectivity index is 2.18. The van der Waals surface area contributed by atoms with E-state index in [9.17, 15) is 14.4 Å². The average Bonchev–Trinajstić information content (AvgIpc) is 2.72. The molecule has 0 atom stereocenters. The molecule has 0 spiro atoms. The number of ether oxygens (including phenoxy) is 3. The number of nitrogens with zero attached hydrogens (tertiary/aromatic N) is 1. The van der Waals surface area contributed by atoms with Crippen LogP contribution in [0.4, 0.5) is 0 Å². The normalized spacial score (nSPS) is 14.9. The van der Waals surface area contributed by atoms with E-state index < -0.39 is 0 Å².